The van der Waals surface area contributed by atoms with Crippen molar-refractivity contribution in [3.63, 3.8) is 0 Å². The predicted octanol–water partition coefficient (Wildman–Crippen LogP) is 4.25. The van der Waals surface area contributed by atoms with Crippen LogP contribution in [-0.2, 0) is 26.2 Å². The third-order valence-corrected chi connectivity index (χ3v) is 7.62. The number of carbonyl (C=O) groups is 2. The van der Waals surface area contributed by atoms with Crippen LogP contribution in [0.2, 0.25) is 10.0 Å². The Hall–Kier alpha value is -2.69. The van der Waals surface area contributed by atoms with E-state index in [2.05, 4.69) is 5.32 Å². The van der Waals surface area contributed by atoms with Crippen LogP contribution in [-0.4, -0.2) is 62.7 Å². The summed E-state index contributed by atoms with van der Waals surface area (Å²) in [5.41, 5.74) is 0.134. The summed E-state index contributed by atoms with van der Waals surface area (Å²) >= 11 is 12.8. The van der Waals surface area contributed by atoms with Gasteiger partial charge in [-0.2, -0.15) is 0 Å². The molecule has 1 N–H and O–H groups in total. The number of ether oxygens (including phenoxy) is 2. The number of fused-ring (bicyclic) bond motifs is 1. The summed E-state index contributed by atoms with van der Waals surface area (Å²) in [5, 5.41) is 3.56. The summed E-state index contributed by atoms with van der Waals surface area (Å²) in [5.74, 6) is -0.107. The van der Waals surface area contributed by atoms with E-state index in [4.69, 9.17) is 32.7 Å². The number of nitrogens with zero attached hydrogens (tertiary/aromatic N) is 2. The summed E-state index contributed by atoms with van der Waals surface area (Å²) < 4.78 is 37.8. The molecule has 0 bridgehead atoms. The molecule has 0 fully saturated rings. The number of amides is 2. The van der Waals surface area contributed by atoms with Crippen LogP contribution in [0.1, 0.15) is 39.7 Å². The fraction of sp³-hybridized carbons (Fsp3) is 0.462. The zero-order chi connectivity index (χ0) is 28.3. The molecule has 3 rings (SSSR count). The summed E-state index contributed by atoms with van der Waals surface area (Å²) in [6.07, 6.45) is 1.29. The van der Waals surface area contributed by atoms with Crippen LogP contribution >= 0.6 is 23.2 Å². The van der Waals surface area contributed by atoms with Crippen LogP contribution in [0.5, 0.6) is 11.5 Å². The minimum absolute atomic E-state index is 0.0911. The van der Waals surface area contributed by atoms with Gasteiger partial charge >= 0.3 is 0 Å². The number of benzene rings is 2. The van der Waals surface area contributed by atoms with Gasteiger partial charge in [-0.25, -0.2) is 8.42 Å². The van der Waals surface area contributed by atoms with Crippen molar-refractivity contribution in [1.29, 1.82) is 0 Å². The first kappa shape index (κ1) is 29.9. The van der Waals surface area contributed by atoms with Gasteiger partial charge in [0.1, 0.15) is 25.8 Å². The molecule has 1 aliphatic rings. The maximum Gasteiger partial charge on any atom is 0.244 e. The van der Waals surface area contributed by atoms with Crippen molar-refractivity contribution in [3.8, 4) is 11.5 Å². The molecule has 12 heteroatoms. The zero-order valence-electron chi connectivity index (χ0n) is 22.1. The van der Waals surface area contributed by atoms with Gasteiger partial charge in [0.25, 0.3) is 0 Å². The van der Waals surface area contributed by atoms with Crippen molar-refractivity contribution < 1.29 is 27.5 Å². The van der Waals surface area contributed by atoms with Gasteiger partial charge in [0, 0.05) is 33.8 Å². The Labute approximate surface area is 234 Å². The second kappa shape index (κ2) is 12.0. The lowest BCUT2D eigenvalue weighted by Crippen LogP contribution is -2.55. The second-order valence-corrected chi connectivity index (χ2v) is 12.7. The molecule has 0 aliphatic carbocycles. The van der Waals surface area contributed by atoms with E-state index in [1.54, 1.807) is 37.3 Å². The molecule has 208 valence electrons. The molecule has 0 saturated carbocycles. The topological polar surface area (TPSA) is 105 Å². The largest absolute Gasteiger partial charge is 0.486 e. The predicted molar refractivity (Wildman–Crippen MR) is 149 cm³/mol. The van der Waals surface area contributed by atoms with Crippen molar-refractivity contribution in [2.45, 2.75) is 52.2 Å². The maximum atomic E-state index is 13.9. The van der Waals surface area contributed by atoms with Gasteiger partial charge in [-0.1, -0.05) is 36.2 Å². The Bertz CT molecular complexity index is 1280. The Morgan fingerprint density at radius 1 is 1.05 bits per heavy atom. The molecule has 1 atom stereocenters. The van der Waals surface area contributed by atoms with Gasteiger partial charge in [-0.3, -0.25) is 13.9 Å². The molecule has 0 saturated heterocycles. The zero-order valence-corrected chi connectivity index (χ0v) is 24.4. The molecular weight excluding hydrogens is 553 g/mol. The first-order valence-corrected chi connectivity index (χ1v) is 14.7. The Balaban J connectivity index is 2.01. The highest BCUT2D eigenvalue weighted by molar-refractivity contribution is 7.92. The number of hydrogen-bond donors (Lipinski definition) is 1. The standard InChI is InChI=1S/C26H33Cl2N3O6S/c1-6-21(25(33)29-26(2,3)4)30(15-18-19(27)8-7-9-20(18)28)24(32)16-31(38(5,34)35)17-10-11-22-23(14-17)37-13-12-36-22/h7-11,14,21H,6,12-13,15-16H2,1-5H3,(H,29,33)/t21-/m1/s1. The number of sulfonamides is 1. The quantitative estimate of drug-likeness (QED) is 0.471. The van der Waals surface area contributed by atoms with Crippen LogP contribution in [0.3, 0.4) is 0 Å². The molecule has 1 heterocycles. The Kier molecular flexibility index (Phi) is 9.43. The van der Waals surface area contributed by atoms with E-state index in [1.165, 1.54) is 11.0 Å². The summed E-state index contributed by atoms with van der Waals surface area (Å²) in [4.78, 5) is 28.5. The maximum absolute atomic E-state index is 13.9. The lowest BCUT2D eigenvalue weighted by atomic mass is 10.1. The van der Waals surface area contributed by atoms with Crippen molar-refractivity contribution in [2.24, 2.45) is 0 Å². The summed E-state index contributed by atoms with van der Waals surface area (Å²) in [7, 11) is -3.91. The number of hydrogen-bond acceptors (Lipinski definition) is 6. The molecule has 0 radical (unpaired) electrons. The minimum Gasteiger partial charge on any atom is -0.486 e. The molecule has 1 aliphatic heterocycles. The smallest absolute Gasteiger partial charge is 0.244 e. The van der Waals surface area contributed by atoms with Crippen LogP contribution in [0.4, 0.5) is 5.69 Å². The highest BCUT2D eigenvalue weighted by atomic mass is 35.5. The monoisotopic (exact) mass is 585 g/mol. The fourth-order valence-electron chi connectivity index (χ4n) is 4.03. The molecule has 0 spiro atoms. The average Bonchev–Trinajstić information content (AvgIpc) is 2.82. The fourth-order valence-corrected chi connectivity index (χ4v) is 5.39. The Morgan fingerprint density at radius 2 is 1.66 bits per heavy atom. The first-order chi connectivity index (χ1) is 17.7. The van der Waals surface area contributed by atoms with Crippen LogP contribution in [0, 0.1) is 0 Å². The molecule has 2 aromatic carbocycles. The van der Waals surface area contributed by atoms with Gasteiger partial charge < -0.3 is 19.7 Å². The van der Waals surface area contributed by atoms with Crippen molar-refractivity contribution in [1.82, 2.24) is 10.2 Å². The van der Waals surface area contributed by atoms with Crippen LogP contribution in [0.25, 0.3) is 0 Å². The highest BCUT2D eigenvalue weighted by Gasteiger charge is 2.34. The molecule has 2 amide bonds. The first-order valence-electron chi connectivity index (χ1n) is 12.1. The number of halogens is 2. The molecular formula is C26H33Cl2N3O6S. The van der Waals surface area contributed by atoms with Crippen molar-refractivity contribution in [3.05, 3.63) is 52.0 Å². The number of anilines is 1. The summed E-state index contributed by atoms with van der Waals surface area (Å²) in [6.45, 7) is 7.34. The molecule has 38 heavy (non-hydrogen) atoms. The van der Waals surface area contributed by atoms with E-state index < -0.39 is 34.1 Å². The van der Waals surface area contributed by atoms with Crippen molar-refractivity contribution >= 4 is 50.7 Å². The minimum atomic E-state index is -3.91. The van der Waals surface area contributed by atoms with Gasteiger partial charge in [0.05, 0.1) is 11.9 Å². The molecule has 0 aromatic heterocycles. The van der Waals surface area contributed by atoms with Crippen LogP contribution < -0.4 is 19.1 Å². The van der Waals surface area contributed by atoms with Gasteiger partial charge in [-0.05, 0) is 51.5 Å². The Morgan fingerprint density at radius 3 is 2.21 bits per heavy atom. The van der Waals surface area contributed by atoms with E-state index in [1.807, 2.05) is 20.8 Å². The van der Waals surface area contributed by atoms with Crippen molar-refractivity contribution in [2.75, 3.05) is 30.3 Å². The lowest BCUT2D eigenvalue weighted by Gasteiger charge is -2.35. The normalized spacial score (nSPS) is 14.0. The van der Waals surface area contributed by atoms with Crippen LogP contribution in [0.15, 0.2) is 36.4 Å². The van der Waals surface area contributed by atoms with Gasteiger partial charge in [0.2, 0.25) is 21.8 Å². The third kappa shape index (κ3) is 7.45. The highest BCUT2D eigenvalue weighted by Crippen LogP contribution is 2.35. The lowest BCUT2D eigenvalue weighted by molar-refractivity contribution is -0.141. The van der Waals surface area contributed by atoms with Gasteiger partial charge in [0.15, 0.2) is 11.5 Å². The average molecular weight is 587 g/mol. The SMILES string of the molecule is CC[C@H](C(=O)NC(C)(C)C)N(Cc1c(Cl)cccc1Cl)C(=O)CN(c1ccc2c(c1)OCCO2)S(C)(=O)=O. The van der Waals surface area contributed by atoms with Gasteiger partial charge in [-0.15, -0.1) is 0 Å². The second-order valence-electron chi connectivity index (χ2n) is 9.98. The van der Waals surface area contributed by atoms with E-state index in [9.17, 15) is 18.0 Å². The van der Waals surface area contributed by atoms with E-state index in [0.29, 0.717) is 40.3 Å². The third-order valence-electron chi connectivity index (χ3n) is 5.77. The number of carbonyl (C=O) groups excluding carboxylic acids is 2. The van der Waals surface area contributed by atoms with E-state index >= 15 is 0 Å². The number of rotatable bonds is 9. The molecule has 2 aromatic rings. The van der Waals surface area contributed by atoms with E-state index in [-0.39, 0.29) is 24.6 Å². The summed E-state index contributed by atoms with van der Waals surface area (Å²) in [6, 6.07) is 8.70. The molecule has 0 unspecified atom stereocenters. The molecule has 9 nitrogen and oxygen atoms in total. The van der Waals surface area contributed by atoms with E-state index in [0.717, 1.165) is 10.6 Å². The number of nitrogens with one attached hydrogen (secondary N) is 1.